The fraction of sp³-hybridized carbons (Fsp3) is 0.179. The van der Waals surface area contributed by atoms with Crippen LogP contribution >= 0.6 is 11.6 Å². The Balaban J connectivity index is 1.71. The Bertz CT molecular complexity index is 1490. The van der Waals surface area contributed by atoms with Crippen molar-refractivity contribution in [2.24, 2.45) is 0 Å². The molecule has 0 spiro atoms. The third-order valence-electron chi connectivity index (χ3n) is 5.70. The lowest BCUT2D eigenvalue weighted by Gasteiger charge is -2.23. The Kier molecular flexibility index (Phi) is 8.21. The number of benzene rings is 3. The summed E-state index contributed by atoms with van der Waals surface area (Å²) in [5.41, 5.74) is 2.73. The summed E-state index contributed by atoms with van der Waals surface area (Å²) >= 11 is 6.34. The monoisotopic (exact) mass is 535 g/mol. The molecule has 0 bridgehead atoms. The molecule has 0 atom stereocenters. The summed E-state index contributed by atoms with van der Waals surface area (Å²) in [6.07, 6.45) is 1.16. The number of nitrogens with zero attached hydrogens (tertiary/aromatic N) is 3. The molecule has 9 heteroatoms. The molecule has 0 saturated carbocycles. The van der Waals surface area contributed by atoms with E-state index in [1.54, 1.807) is 36.4 Å². The van der Waals surface area contributed by atoms with Crippen molar-refractivity contribution in [3.8, 4) is 5.75 Å². The van der Waals surface area contributed by atoms with E-state index in [9.17, 15) is 13.2 Å². The third kappa shape index (κ3) is 6.34. The van der Waals surface area contributed by atoms with Gasteiger partial charge < -0.3 is 9.64 Å². The number of carbonyl (C=O) groups excluding carboxylic acids is 1. The first kappa shape index (κ1) is 26.3. The first-order chi connectivity index (χ1) is 17.8. The predicted molar refractivity (Wildman–Crippen MR) is 144 cm³/mol. The number of aromatic nitrogens is 2. The van der Waals surface area contributed by atoms with Gasteiger partial charge in [0.1, 0.15) is 5.75 Å². The van der Waals surface area contributed by atoms with Gasteiger partial charge in [0.25, 0.3) is 5.91 Å². The summed E-state index contributed by atoms with van der Waals surface area (Å²) in [5, 5.41) is -0.487. The van der Waals surface area contributed by atoms with Gasteiger partial charge in [0, 0.05) is 5.69 Å². The van der Waals surface area contributed by atoms with Crippen LogP contribution in [0, 0.1) is 6.92 Å². The van der Waals surface area contributed by atoms with Crippen molar-refractivity contribution < 1.29 is 17.9 Å². The molecule has 1 aromatic heterocycles. The first-order valence-corrected chi connectivity index (χ1v) is 13.7. The van der Waals surface area contributed by atoms with Crippen LogP contribution in [0.3, 0.4) is 0 Å². The lowest BCUT2D eigenvalue weighted by molar-refractivity contribution is 0.0979. The Morgan fingerprint density at radius 2 is 1.65 bits per heavy atom. The SMILES string of the molecule is CCOc1ccc(N(Cc2ccccc2)C(=O)c2nc(S(=O)(=O)Cc3ccccc3C)ncc2Cl)cc1. The van der Waals surface area contributed by atoms with Crippen LogP contribution in [0.15, 0.2) is 90.2 Å². The second-order valence-corrected chi connectivity index (χ2v) is 10.6. The molecule has 0 fully saturated rings. The standard InChI is InChI=1S/C28H26ClN3O4S/c1-3-36-24-15-13-23(14-16-24)32(18-21-10-5-4-6-11-21)27(33)26-25(29)17-30-28(31-26)37(34,35)19-22-12-8-7-9-20(22)2/h4-17H,3,18-19H2,1-2H3. The van der Waals surface area contributed by atoms with E-state index in [-0.39, 0.29) is 23.0 Å². The molecule has 1 amide bonds. The molecular formula is C28H26ClN3O4S. The summed E-state index contributed by atoms with van der Waals surface area (Å²) in [6, 6.07) is 23.7. The molecule has 4 rings (SSSR count). The topological polar surface area (TPSA) is 89.5 Å². The van der Waals surface area contributed by atoms with E-state index >= 15 is 0 Å². The number of anilines is 1. The minimum Gasteiger partial charge on any atom is -0.494 e. The van der Waals surface area contributed by atoms with Gasteiger partial charge in [-0.2, -0.15) is 0 Å². The van der Waals surface area contributed by atoms with Gasteiger partial charge >= 0.3 is 0 Å². The number of hydrogen-bond donors (Lipinski definition) is 0. The zero-order valence-corrected chi connectivity index (χ0v) is 22.0. The Hall–Kier alpha value is -3.75. The molecule has 0 radical (unpaired) electrons. The van der Waals surface area contributed by atoms with Gasteiger partial charge in [-0.05, 0) is 54.8 Å². The Morgan fingerprint density at radius 1 is 0.973 bits per heavy atom. The minimum atomic E-state index is -3.94. The molecule has 7 nitrogen and oxygen atoms in total. The van der Waals surface area contributed by atoms with Crippen molar-refractivity contribution in [3.63, 3.8) is 0 Å². The van der Waals surface area contributed by atoms with Crippen molar-refractivity contribution in [1.82, 2.24) is 9.97 Å². The second-order valence-electron chi connectivity index (χ2n) is 8.34. The van der Waals surface area contributed by atoms with E-state index < -0.39 is 20.9 Å². The molecule has 0 aliphatic rings. The van der Waals surface area contributed by atoms with Crippen molar-refractivity contribution in [1.29, 1.82) is 0 Å². The molecule has 0 saturated heterocycles. The number of rotatable bonds is 9. The number of hydrogen-bond acceptors (Lipinski definition) is 6. The molecule has 0 aliphatic carbocycles. The molecule has 190 valence electrons. The maximum absolute atomic E-state index is 13.8. The van der Waals surface area contributed by atoms with E-state index in [0.29, 0.717) is 23.6 Å². The smallest absolute Gasteiger partial charge is 0.278 e. The maximum Gasteiger partial charge on any atom is 0.278 e. The van der Waals surface area contributed by atoms with Gasteiger partial charge in [-0.1, -0.05) is 66.2 Å². The van der Waals surface area contributed by atoms with E-state index in [1.807, 2.05) is 56.3 Å². The number of sulfone groups is 1. The number of halogens is 1. The zero-order valence-electron chi connectivity index (χ0n) is 20.5. The van der Waals surface area contributed by atoms with Crippen LogP contribution in [0.2, 0.25) is 5.02 Å². The van der Waals surface area contributed by atoms with E-state index in [1.165, 1.54) is 4.90 Å². The van der Waals surface area contributed by atoms with E-state index in [0.717, 1.165) is 17.3 Å². The van der Waals surface area contributed by atoms with Gasteiger partial charge in [0.05, 0.1) is 30.1 Å². The fourth-order valence-electron chi connectivity index (χ4n) is 3.76. The Morgan fingerprint density at radius 3 is 2.32 bits per heavy atom. The molecule has 4 aromatic rings. The summed E-state index contributed by atoms with van der Waals surface area (Å²) in [4.78, 5) is 23.4. The van der Waals surface area contributed by atoms with Crippen molar-refractivity contribution in [3.05, 3.63) is 112 Å². The van der Waals surface area contributed by atoms with Crippen LogP contribution in [0.4, 0.5) is 5.69 Å². The molecular weight excluding hydrogens is 510 g/mol. The third-order valence-corrected chi connectivity index (χ3v) is 7.42. The van der Waals surface area contributed by atoms with Crippen molar-refractivity contribution >= 4 is 33.0 Å². The predicted octanol–water partition coefficient (Wildman–Crippen LogP) is 5.66. The van der Waals surface area contributed by atoms with E-state index in [2.05, 4.69) is 9.97 Å². The molecule has 1 heterocycles. The average Bonchev–Trinajstić information content (AvgIpc) is 2.90. The van der Waals surface area contributed by atoms with Crippen LogP contribution in [0.5, 0.6) is 5.75 Å². The van der Waals surface area contributed by atoms with Crippen LogP contribution in [-0.4, -0.2) is 30.9 Å². The average molecular weight is 536 g/mol. The number of ether oxygens (including phenoxy) is 1. The van der Waals surface area contributed by atoms with Gasteiger partial charge in [0.2, 0.25) is 15.0 Å². The van der Waals surface area contributed by atoms with Gasteiger partial charge in [-0.3, -0.25) is 4.79 Å². The van der Waals surface area contributed by atoms with Crippen molar-refractivity contribution in [2.75, 3.05) is 11.5 Å². The zero-order chi connectivity index (χ0) is 26.4. The highest BCUT2D eigenvalue weighted by atomic mass is 35.5. The lowest BCUT2D eigenvalue weighted by atomic mass is 10.1. The summed E-state index contributed by atoms with van der Waals surface area (Å²) < 4.78 is 31.8. The molecule has 3 aromatic carbocycles. The highest BCUT2D eigenvalue weighted by Crippen LogP contribution is 2.26. The van der Waals surface area contributed by atoms with Crippen LogP contribution in [0.25, 0.3) is 0 Å². The fourth-order valence-corrected chi connectivity index (χ4v) is 5.23. The van der Waals surface area contributed by atoms with E-state index in [4.69, 9.17) is 16.3 Å². The van der Waals surface area contributed by atoms with Gasteiger partial charge in [0.15, 0.2) is 5.69 Å². The maximum atomic E-state index is 13.8. The van der Waals surface area contributed by atoms with Crippen LogP contribution < -0.4 is 9.64 Å². The lowest BCUT2D eigenvalue weighted by Crippen LogP contribution is -2.32. The largest absolute Gasteiger partial charge is 0.494 e. The van der Waals surface area contributed by atoms with Gasteiger partial charge in [-0.15, -0.1) is 0 Å². The van der Waals surface area contributed by atoms with Crippen LogP contribution in [0.1, 0.15) is 34.1 Å². The second kappa shape index (κ2) is 11.5. The van der Waals surface area contributed by atoms with Crippen LogP contribution in [-0.2, 0) is 22.1 Å². The molecule has 37 heavy (non-hydrogen) atoms. The normalized spacial score (nSPS) is 11.2. The van der Waals surface area contributed by atoms with Crippen molar-refractivity contribution in [2.45, 2.75) is 31.3 Å². The minimum absolute atomic E-state index is 0.0381. The quantitative estimate of drug-likeness (QED) is 0.257. The van der Waals surface area contributed by atoms with Gasteiger partial charge in [-0.25, -0.2) is 18.4 Å². The molecule has 0 unspecified atom stereocenters. The highest BCUT2D eigenvalue weighted by molar-refractivity contribution is 7.90. The number of amides is 1. The molecule has 0 N–H and O–H groups in total. The Labute approximate surface area is 221 Å². The highest BCUT2D eigenvalue weighted by Gasteiger charge is 2.27. The molecule has 0 aliphatic heterocycles. The summed E-state index contributed by atoms with van der Waals surface area (Å²) in [7, 11) is -3.94. The first-order valence-electron chi connectivity index (χ1n) is 11.7. The number of aryl methyl sites for hydroxylation is 1. The summed E-state index contributed by atoms with van der Waals surface area (Å²) in [5.74, 6) is -0.169. The number of carbonyl (C=O) groups is 1. The summed E-state index contributed by atoms with van der Waals surface area (Å²) in [6.45, 7) is 4.46.